The Kier molecular flexibility index (Phi) is 6.35. The minimum Gasteiger partial charge on any atom is -0.487 e. The van der Waals surface area contributed by atoms with Gasteiger partial charge in [-0.15, -0.1) is 0 Å². The van der Waals surface area contributed by atoms with Crippen LogP contribution in [0.4, 0.5) is 13.2 Å². The SMILES string of the molecule is CC1(Oc2ccc(Cl)cc2)CCN(CCOc2ncccc2C(F)(F)F)CC1. The van der Waals surface area contributed by atoms with Gasteiger partial charge in [0.2, 0.25) is 5.88 Å². The second kappa shape index (κ2) is 8.57. The van der Waals surface area contributed by atoms with Gasteiger partial charge < -0.3 is 9.47 Å². The lowest BCUT2D eigenvalue weighted by molar-refractivity contribution is -0.139. The molecule has 1 aromatic carbocycles. The van der Waals surface area contributed by atoms with E-state index in [0.29, 0.717) is 11.6 Å². The van der Waals surface area contributed by atoms with Crippen molar-refractivity contribution in [3.8, 4) is 11.6 Å². The van der Waals surface area contributed by atoms with Crippen molar-refractivity contribution >= 4 is 11.6 Å². The van der Waals surface area contributed by atoms with E-state index in [9.17, 15) is 13.2 Å². The van der Waals surface area contributed by atoms with Gasteiger partial charge in [-0.3, -0.25) is 4.90 Å². The number of rotatable bonds is 6. The Morgan fingerprint density at radius 2 is 1.82 bits per heavy atom. The topological polar surface area (TPSA) is 34.6 Å². The highest BCUT2D eigenvalue weighted by Gasteiger charge is 2.35. The maximum Gasteiger partial charge on any atom is 0.421 e. The third-order valence-electron chi connectivity index (χ3n) is 4.81. The van der Waals surface area contributed by atoms with E-state index in [0.717, 1.165) is 37.7 Å². The molecular weight excluding hydrogens is 393 g/mol. The monoisotopic (exact) mass is 414 g/mol. The molecule has 0 saturated carbocycles. The smallest absolute Gasteiger partial charge is 0.421 e. The fraction of sp³-hybridized carbons (Fsp3) is 0.450. The van der Waals surface area contributed by atoms with Crippen LogP contribution in [0.3, 0.4) is 0 Å². The number of hydrogen-bond donors (Lipinski definition) is 0. The molecule has 0 bridgehead atoms. The Morgan fingerprint density at radius 1 is 1.14 bits per heavy atom. The number of nitrogens with zero attached hydrogens (tertiary/aromatic N) is 2. The zero-order chi connectivity index (χ0) is 20.2. The number of ether oxygens (including phenoxy) is 2. The van der Waals surface area contributed by atoms with E-state index in [1.807, 2.05) is 12.1 Å². The minimum absolute atomic E-state index is 0.148. The van der Waals surface area contributed by atoms with E-state index in [2.05, 4.69) is 16.8 Å². The maximum atomic E-state index is 13.0. The van der Waals surface area contributed by atoms with Crippen molar-refractivity contribution in [1.82, 2.24) is 9.88 Å². The van der Waals surface area contributed by atoms with E-state index in [1.165, 1.54) is 12.3 Å². The molecule has 0 aliphatic carbocycles. The highest BCUT2D eigenvalue weighted by atomic mass is 35.5. The molecule has 0 unspecified atom stereocenters. The van der Waals surface area contributed by atoms with Gasteiger partial charge in [-0.2, -0.15) is 13.2 Å². The van der Waals surface area contributed by atoms with E-state index in [-0.39, 0.29) is 18.1 Å². The summed E-state index contributed by atoms with van der Waals surface area (Å²) in [5.41, 5.74) is -1.13. The van der Waals surface area contributed by atoms with Gasteiger partial charge >= 0.3 is 6.18 Å². The maximum absolute atomic E-state index is 13.0. The van der Waals surface area contributed by atoms with Crippen LogP contribution >= 0.6 is 11.6 Å². The quantitative estimate of drug-likeness (QED) is 0.661. The Labute approximate surface area is 167 Å². The van der Waals surface area contributed by atoms with Crippen LogP contribution in [0.25, 0.3) is 0 Å². The highest BCUT2D eigenvalue weighted by Crippen LogP contribution is 2.34. The summed E-state index contributed by atoms with van der Waals surface area (Å²) in [6.07, 6.45) is -1.55. The number of piperidine rings is 1. The Hall–Kier alpha value is -1.99. The molecule has 28 heavy (non-hydrogen) atoms. The van der Waals surface area contributed by atoms with Gasteiger partial charge in [-0.25, -0.2) is 4.98 Å². The first-order valence-electron chi connectivity index (χ1n) is 9.07. The molecule has 3 rings (SSSR count). The molecule has 1 aliphatic heterocycles. The van der Waals surface area contributed by atoms with E-state index >= 15 is 0 Å². The lowest BCUT2D eigenvalue weighted by atomic mass is 9.93. The van der Waals surface area contributed by atoms with E-state index in [1.54, 1.807) is 12.1 Å². The lowest BCUT2D eigenvalue weighted by Crippen LogP contribution is -2.47. The van der Waals surface area contributed by atoms with E-state index in [4.69, 9.17) is 21.1 Å². The molecule has 0 amide bonds. The third-order valence-corrected chi connectivity index (χ3v) is 5.07. The number of alkyl halides is 3. The number of halogens is 4. The first-order valence-corrected chi connectivity index (χ1v) is 9.45. The summed E-state index contributed by atoms with van der Waals surface area (Å²) in [5, 5.41) is 0.661. The predicted molar refractivity (Wildman–Crippen MR) is 101 cm³/mol. The molecule has 0 atom stereocenters. The molecule has 8 heteroatoms. The van der Waals surface area contributed by atoms with Crippen LogP contribution in [-0.2, 0) is 6.18 Å². The first kappa shape index (κ1) is 20.7. The van der Waals surface area contributed by atoms with Gasteiger partial charge in [-0.05, 0) is 56.2 Å². The molecular formula is C20H22ClF3N2O2. The molecule has 0 N–H and O–H groups in total. The van der Waals surface area contributed by atoms with Crippen LogP contribution in [0.5, 0.6) is 11.6 Å². The predicted octanol–water partition coefficient (Wildman–Crippen LogP) is 5.07. The van der Waals surface area contributed by atoms with Gasteiger partial charge in [0, 0.05) is 30.9 Å². The molecule has 1 aliphatic rings. The zero-order valence-corrected chi connectivity index (χ0v) is 16.3. The average molecular weight is 415 g/mol. The largest absolute Gasteiger partial charge is 0.487 e. The second-order valence-electron chi connectivity index (χ2n) is 7.05. The summed E-state index contributed by atoms with van der Waals surface area (Å²) >= 11 is 5.89. The Morgan fingerprint density at radius 3 is 2.46 bits per heavy atom. The molecule has 1 fully saturated rings. The number of likely N-dealkylation sites (tertiary alicyclic amines) is 1. The Bertz CT molecular complexity index is 776. The fourth-order valence-corrected chi connectivity index (χ4v) is 3.26. The number of hydrogen-bond acceptors (Lipinski definition) is 4. The lowest BCUT2D eigenvalue weighted by Gasteiger charge is -2.39. The van der Waals surface area contributed by atoms with Crippen molar-refractivity contribution in [2.75, 3.05) is 26.2 Å². The van der Waals surface area contributed by atoms with Crippen LogP contribution in [0.2, 0.25) is 5.02 Å². The van der Waals surface area contributed by atoms with Crippen molar-refractivity contribution in [2.24, 2.45) is 0 Å². The summed E-state index contributed by atoms with van der Waals surface area (Å²) in [4.78, 5) is 5.87. The van der Waals surface area contributed by atoms with Crippen molar-refractivity contribution in [1.29, 1.82) is 0 Å². The molecule has 2 heterocycles. The van der Waals surface area contributed by atoms with Crippen LogP contribution in [0, 0.1) is 0 Å². The minimum atomic E-state index is -4.48. The normalized spacial score (nSPS) is 17.3. The van der Waals surface area contributed by atoms with Gasteiger partial charge in [-0.1, -0.05) is 11.6 Å². The fourth-order valence-electron chi connectivity index (χ4n) is 3.13. The van der Waals surface area contributed by atoms with Crippen molar-refractivity contribution in [3.63, 3.8) is 0 Å². The summed E-state index contributed by atoms with van der Waals surface area (Å²) in [6.45, 7) is 4.31. The van der Waals surface area contributed by atoms with Gasteiger partial charge in [0.15, 0.2) is 0 Å². The Balaban J connectivity index is 1.47. The zero-order valence-electron chi connectivity index (χ0n) is 15.5. The molecule has 2 aromatic rings. The van der Waals surface area contributed by atoms with Crippen LogP contribution < -0.4 is 9.47 Å². The average Bonchev–Trinajstić information content (AvgIpc) is 2.65. The first-order chi connectivity index (χ1) is 13.3. The van der Waals surface area contributed by atoms with Crippen molar-refractivity contribution in [3.05, 3.63) is 53.2 Å². The summed E-state index contributed by atoms with van der Waals surface area (Å²) < 4.78 is 50.3. The number of aromatic nitrogens is 1. The molecule has 1 saturated heterocycles. The van der Waals surface area contributed by atoms with Gasteiger partial charge in [0.25, 0.3) is 0 Å². The molecule has 0 spiro atoms. The van der Waals surface area contributed by atoms with Crippen LogP contribution in [0.1, 0.15) is 25.3 Å². The van der Waals surface area contributed by atoms with Crippen LogP contribution in [-0.4, -0.2) is 41.7 Å². The van der Waals surface area contributed by atoms with Gasteiger partial charge in [0.05, 0.1) is 0 Å². The summed E-state index contributed by atoms with van der Waals surface area (Å²) in [6, 6.07) is 9.50. The summed E-state index contributed by atoms with van der Waals surface area (Å²) in [7, 11) is 0. The molecule has 1 aromatic heterocycles. The number of benzene rings is 1. The van der Waals surface area contributed by atoms with Crippen molar-refractivity contribution < 1.29 is 22.6 Å². The molecule has 4 nitrogen and oxygen atoms in total. The molecule has 0 radical (unpaired) electrons. The second-order valence-corrected chi connectivity index (χ2v) is 7.49. The molecule has 152 valence electrons. The highest BCUT2D eigenvalue weighted by molar-refractivity contribution is 6.30. The standard InChI is InChI=1S/C20H22ClF3N2O2/c1-19(28-16-6-4-15(21)5-7-16)8-11-26(12-9-19)13-14-27-18-17(20(22,23)24)3-2-10-25-18/h2-7,10H,8-9,11-14H2,1H3. The van der Waals surface area contributed by atoms with E-state index < -0.39 is 11.7 Å². The number of pyridine rings is 1. The third kappa shape index (κ3) is 5.52. The summed E-state index contributed by atoms with van der Waals surface area (Å²) in [5.74, 6) is 0.404. The van der Waals surface area contributed by atoms with Crippen molar-refractivity contribution in [2.45, 2.75) is 31.5 Å². The van der Waals surface area contributed by atoms with Crippen LogP contribution in [0.15, 0.2) is 42.6 Å². The van der Waals surface area contributed by atoms with Gasteiger partial charge in [0.1, 0.15) is 23.5 Å².